The van der Waals surface area contributed by atoms with E-state index in [2.05, 4.69) is 24.4 Å². The van der Waals surface area contributed by atoms with Crippen LogP contribution in [0.2, 0.25) is 0 Å². The third-order valence-electron chi connectivity index (χ3n) is 3.58. The molecule has 0 aliphatic rings. The van der Waals surface area contributed by atoms with Gasteiger partial charge in [-0.1, -0.05) is 56.2 Å². The summed E-state index contributed by atoms with van der Waals surface area (Å²) in [4.78, 5) is 0. The van der Waals surface area contributed by atoms with Crippen LogP contribution in [-0.2, 0) is 6.54 Å². The molecule has 2 rings (SSSR count). The average molecular weight is 289 g/mol. The highest BCUT2D eigenvalue weighted by atomic mass is 19.2. The topological polar surface area (TPSA) is 12.0 Å². The first-order valence-electron chi connectivity index (χ1n) is 7.43. The van der Waals surface area contributed by atoms with Crippen LogP contribution >= 0.6 is 0 Å². The van der Waals surface area contributed by atoms with Gasteiger partial charge in [-0.15, -0.1) is 0 Å². The third kappa shape index (κ3) is 4.64. The molecule has 0 aromatic heterocycles. The maximum absolute atomic E-state index is 13.2. The van der Waals surface area contributed by atoms with Gasteiger partial charge in [-0.05, 0) is 29.7 Å². The Balaban J connectivity index is 2.03. The smallest absolute Gasteiger partial charge is 0.159 e. The van der Waals surface area contributed by atoms with Gasteiger partial charge in [0.25, 0.3) is 0 Å². The normalized spacial score (nSPS) is 12.3. The molecule has 2 aromatic rings. The molecule has 0 saturated carbocycles. The van der Waals surface area contributed by atoms with Crippen molar-refractivity contribution >= 4 is 0 Å². The maximum Gasteiger partial charge on any atom is 0.159 e. The minimum absolute atomic E-state index is 0.235. The summed E-state index contributed by atoms with van der Waals surface area (Å²) >= 11 is 0. The average Bonchev–Trinajstić information content (AvgIpc) is 2.51. The summed E-state index contributed by atoms with van der Waals surface area (Å²) in [6.07, 6.45) is 3.30. The molecule has 0 aliphatic carbocycles. The van der Waals surface area contributed by atoms with Crippen LogP contribution in [0.5, 0.6) is 0 Å². The number of unbranched alkanes of at least 4 members (excludes halogenated alkanes) is 1. The quantitative estimate of drug-likeness (QED) is 0.757. The van der Waals surface area contributed by atoms with E-state index in [-0.39, 0.29) is 6.04 Å². The van der Waals surface area contributed by atoms with E-state index in [9.17, 15) is 8.78 Å². The fourth-order valence-corrected chi connectivity index (χ4v) is 2.37. The van der Waals surface area contributed by atoms with Crippen LogP contribution in [-0.4, -0.2) is 0 Å². The summed E-state index contributed by atoms with van der Waals surface area (Å²) in [6.45, 7) is 2.69. The molecule has 1 atom stereocenters. The molecule has 21 heavy (non-hydrogen) atoms. The van der Waals surface area contributed by atoms with Gasteiger partial charge in [0, 0.05) is 12.6 Å². The van der Waals surface area contributed by atoms with Crippen molar-refractivity contribution in [2.24, 2.45) is 0 Å². The highest BCUT2D eigenvalue weighted by Crippen LogP contribution is 2.20. The Kier molecular flexibility index (Phi) is 5.88. The molecule has 0 heterocycles. The van der Waals surface area contributed by atoms with E-state index in [1.807, 2.05) is 18.2 Å². The first kappa shape index (κ1) is 15.6. The molecule has 0 bridgehead atoms. The Morgan fingerprint density at radius 1 is 1.00 bits per heavy atom. The fraction of sp³-hybridized carbons (Fsp3) is 0.333. The van der Waals surface area contributed by atoms with E-state index in [4.69, 9.17) is 0 Å². The largest absolute Gasteiger partial charge is 0.306 e. The molecule has 1 unspecified atom stereocenters. The standard InChI is InChI=1S/C18H21F2N/c1-2-3-9-18(15-7-5-4-6-8-15)21-13-14-10-11-16(19)17(20)12-14/h4-8,10-12,18,21H,2-3,9,13H2,1H3. The van der Waals surface area contributed by atoms with Crippen molar-refractivity contribution in [3.63, 3.8) is 0 Å². The maximum atomic E-state index is 13.2. The van der Waals surface area contributed by atoms with E-state index < -0.39 is 11.6 Å². The van der Waals surface area contributed by atoms with Crippen molar-refractivity contribution in [3.05, 3.63) is 71.3 Å². The third-order valence-corrected chi connectivity index (χ3v) is 3.58. The minimum atomic E-state index is -0.802. The molecule has 0 saturated heterocycles. The molecular weight excluding hydrogens is 268 g/mol. The molecular formula is C18H21F2N. The second-order valence-corrected chi connectivity index (χ2v) is 5.23. The highest BCUT2D eigenvalue weighted by molar-refractivity contribution is 5.21. The summed E-state index contributed by atoms with van der Waals surface area (Å²) in [5, 5.41) is 3.44. The lowest BCUT2D eigenvalue weighted by molar-refractivity contribution is 0.475. The number of halogens is 2. The van der Waals surface area contributed by atoms with Crippen LogP contribution in [0.3, 0.4) is 0 Å². The van der Waals surface area contributed by atoms with Gasteiger partial charge in [0.15, 0.2) is 11.6 Å². The zero-order valence-corrected chi connectivity index (χ0v) is 12.3. The molecule has 0 aliphatic heterocycles. The van der Waals surface area contributed by atoms with Crippen LogP contribution in [0.4, 0.5) is 8.78 Å². The van der Waals surface area contributed by atoms with Gasteiger partial charge in [0.1, 0.15) is 0 Å². The Bertz CT molecular complexity index is 554. The fourth-order valence-electron chi connectivity index (χ4n) is 2.37. The second kappa shape index (κ2) is 7.89. The zero-order chi connectivity index (χ0) is 15.1. The zero-order valence-electron chi connectivity index (χ0n) is 12.3. The summed E-state index contributed by atoms with van der Waals surface area (Å²) in [7, 11) is 0. The van der Waals surface area contributed by atoms with Gasteiger partial charge in [-0.2, -0.15) is 0 Å². The molecule has 112 valence electrons. The summed E-state index contributed by atoms with van der Waals surface area (Å²) in [5.41, 5.74) is 1.99. The number of hydrogen-bond acceptors (Lipinski definition) is 1. The van der Waals surface area contributed by atoms with Gasteiger partial charge in [0.05, 0.1) is 0 Å². The number of hydrogen-bond donors (Lipinski definition) is 1. The highest BCUT2D eigenvalue weighted by Gasteiger charge is 2.10. The van der Waals surface area contributed by atoms with Gasteiger partial charge in [-0.3, -0.25) is 0 Å². The molecule has 0 spiro atoms. The van der Waals surface area contributed by atoms with E-state index in [0.29, 0.717) is 6.54 Å². The molecule has 0 radical (unpaired) electrons. The predicted molar refractivity (Wildman–Crippen MR) is 81.9 cm³/mol. The van der Waals surface area contributed by atoms with Crippen molar-refractivity contribution in [1.82, 2.24) is 5.32 Å². The van der Waals surface area contributed by atoms with E-state index in [1.54, 1.807) is 6.07 Å². The van der Waals surface area contributed by atoms with Crippen LogP contribution in [0.15, 0.2) is 48.5 Å². The van der Waals surface area contributed by atoms with E-state index in [1.165, 1.54) is 17.7 Å². The Hall–Kier alpha value is -1.74. The molecule has 2 aromatic carbocycles. The number of rotatable bonds is 7. The first-order valence-corrected chi connectivity index (χ1v) is 7.43. The van der Waals surface area contributed by atoms with Crippen molar-refractivity contribution in [2.45, 2.75) is 38.8 Å². The SMILES string of the molecule is CCCCC(NCc1ccc(F)c(F)c1)c1ccccc1. The number of nitrogens with one attached hydrogen (secondary N) is 1. The lowest BCUT2D eigenvalue weighted by Gasteiger charge is -2.19. The molecule has 3 heteroatoms. The van der Waals surface area contributed by atoms with Crippen LogP contribution in [0.1, 0.15) is 43.4 Å². The summed E-state index contributed by atoms with van der Waals surface area (Å²) < 4.78 is 26.2. The van der Waals surface area contributed by atoms with Crippen molar-refractivity contribution < 1.29 is 8.78 Å². The monoisotopic (exact) mass is 289 g/mol. The second-order valence-electron chi connectivity index (χ2n) is 5.23. The number of benzene rings is 2. The molecule has 1 N–H and O–H groups in total. The van der Waals surface area contributed by atoms with Crippen LogP contribution in [0.25, 0.3) is 0 Å². The van der Waals surface area contributed by atoms with Gasteiger partial charge in [-0.25, -0.2) is 8.78 Å². The summed E-state index contributed by atoms with van der Waals surface area (Å²) in [6, 6.07) is 14.5. The van der Waals surface area contributed by atoms with Crippen molar-refractivity contribution in [2.75, 3.05) is 0 Å². The lowest BCUT2D eigenvalue weighted by atomic mass is 10.0. The van der Waals surface area contributed by atoms with Gasteiger partial charge >= 0.3 is 0 Å². The Morgan fingerprint density at radius 2 is 1.76 bits per heavy atom. The minimum Gasteiger partial charge on any atom is -0.306 e. The molecule has 0 amide bonds. The predicted octanol–water partition coefficient (Wildman–Crippen LogP) is 4.99. The molecule has 1 nitrogen and oxygen atoms in total. The summed E-state index contributed by atoms with van der Waals surface area (Å²) in [5.74, 6) is -1.59. The Morgan fingerprint density at radius 3 is 2.43 bits per heavy atom. The molecule has 0 fully saturated rings. The van der Waals surface area contributed by atoms with Crippen molar-refractivity contribution in [3.8, 4) is 0 Å². The van der Waals surface area contributed by atoms with Crippen LogP contribution in [0, 0.1) is 11.6 Å². The Labute approximate surface area is 125 Å². The van der Waals surface area contributed by atoms with Crippen LogP contribution < -0.4 is 5.32 Å². The van der Waals surface area contributed by atoms with Gasteiger partial charge < -0.3 is 5.32 Å². The lowest BCUT2D eigenvalue weighted by Crippen LogP contribution is -2.21. The van der Waals surface area contributed by atoms with Crippen molar-refractivity contribution in [1.29, 1.82) is 0 Å². The van der Waals surface area contributed by atoms with E-state index in [0.717, 1.165) is 24.8 Å². The van der Waals surface area contributed by atoms with Gasteiger partial charge in [0.2, 0.25) is 0 Å². The first-order chi connectivity index (χ1) is 10.2. The van der Waals surface area contributed by atoms with E-state index >= 15 is 0 Å².